The van der Waals surface area contributed by atoms with Crippen molar-refractivity contribution in [3.05, 3.63) is 6.33 Å². The van der Waals surface area contributed by atoms with Gasteiger partial charge in [-0.3, -0.25) is 0 Å². The van der Waals surface area contributed by atoms with Gasteiger partial charge in [0, 0.05) is 11.6 Å². The summed E-state index contributed by atoms with van der Waals surface area (Å²) in [5.41, 5.74) is 1.11. The third kappa shape index (κ3) is 1.33. The van der Waals surface area contributed by atoms with Gasteiger partial charge in [0.1, 0.15) is 11.7 Å². The minimum Gasteiger partial charge on any atom is -0.219 e. The molecule has 2 heterocycles. The zero-order valence-corrected chi connectivity index (χ0v) is 9.87. The number of aliphatic imine (C=N–C) groups is 1. The first-order valence-corrected chi connectivity index (χ1v) is 6.68. The molecule has 0 amide bonds. The van der Waals surface area contributed by atoms with Gasteiger partial charge in [-0.1, -0.05) is 0 Å². The van der Waals surface area contributed by atoms with Crippen molar-refractivity contribution >= 4 is 35.0 Å². The van der Waals surface area contributed by atoms with Gasteiger partial charge in [-0.2, -0.15) is 10.1 Å². The van der Waals surface area contributed by atoms with Crippen molar-refractivity contribution in [3.63, 3.8) is 0 Å². The summed E-state index contributed by atoms with van der Waals surface area (Å²) in [6, 6.07) is 0. The van der Waals surface area contributed by atoms with E-state index in [-0.39, 0.29) is 5.38 Å². The fraction of sp³-hybridized carbons (Fsp3) is 0.667. The van der Waals surface area contributed by atoms with E-state index in [9.17, 15) is 0 Å². The Morgan fingerprint density at radius 1 is 1.53 bits per heavy atom. The second-order valence-electron chi connectivity index (χ2n) is 3.82. The molecule has 1 saturated carbocycles. The molecule has 3 unspecified atom stereocenters. The van der Waals surface area contributed by atoms with Crippen LogP contribution >= 0.6 is 23.4 Å². The van der Waals surface area contributed by atoms with Gasteiger partial charge in [-0.15, -0.1) is 23.4 Å². The van der Waals surface area contributed by atoms with Gasteiger partial charge in [0.2, 0.25) is 5.95 Å². The Hall–Kier alpha value is -0.550. The Balaban J connectivity index is 2.10. The normalized spacial score (nSPS) is 33.5. The molecule has 2 aliphatic rings. The minimum absolute atomic E-state index is 0.0927. The van der Waals surface area contributed by atoms with Crippen LogP contribution in [-0.4, -0.2) is 32.1 Å². The molecule has 0 radical (unpaired) electrons. The van der Waals surface area contributed by atoms with Gasteiger partial charge in [0.25, 0.3) is 0 Å². The number of fused-ring (bicyclic) bond motifs is 2. The molecule has 3 atom stereocenters. The van der Waals surface area contributed by atoms with Crippen molar-refractivity contribution in [3.8, 4) is 0 Å². The van der Waals surface area contributed by atoms with Crippen molar-refractivity contribution in [1.29, 1.82) is 0 Å². The molecular weight excluding hydrogens is 232 g/mol. The molecule has 0 N–H and O–H groups in total. The van der Waals surface area contributed by atoms with Crippen molar-refractivity contribution in [2.24, 2.45) is 10.9 Å². The molecule has 0 spiro atoms. The number of hydrogen-bond acceptors (Lipinski definition) is 4. The number of alkyl halides is 1. The summed E-state index contributed by atoms with van der Waals surface area (Å²) >= 11 is 8.04. The summed E-state index contributed by atoms with van der Waals surface area (Å²) in [6.07, 6.45) is 5.79. The lowest BCUT2D eigenvalue weighted by molar-refractivity contribution is 0.483. The lowest BCUT2D eigenvalue weighted by atomic mass is 10.1. The first-order chi connectivity index (χ1) is 7.31. The summed E-state index contributed by atoms with van der Waals surface area (Å²) in [6.45, 7) is 0. The predicted molar refractivity (Wildman–Crippen MR) is 62.0 cm³/mol. The summed E-state index contributed by atoms with van der Waals surface area (Å²) < 4.78 is 1.91. The average molecular weight is 243 g/mol. The van der Waals surface area contributed by atoms with Crippen LogP contribution in [0.1, 0.15) is 18.2 Å². The number of hydrogen-bond donors (Lipinski definition) is 0. The van der Waals surface area contributed by atoms with E-state index >= 15 is 0 Å². The second-order valence-corrected chi connectivity index (χ2v) is 5.30. The SMILES string of the molecule is CSC1C2CCC(Cl)C2=Nc2ncnn21. The Morgan fingerprint density at radius 3 is 3.20 bits per heavy atom. The van der Waals surface area contributed by atoms with Crippen LogP contribution < -0.4 is 0 Å². The maximum atomic E-state index is 6.24. The summed E-state index contributed by atoms with van der Waals surface area (Å²) in [5.74, 6) is 1.14. The van der Waals surface area contributed by atoms with Crippen molar-refractivity contribution in [1.82, 2.24) is 14.8 Å². The topological polar surface area (TPSA) is 43.1 Å². The molecular formula is C9H11ClN4S. The lowest BCUT2D eigenvalue weighted by Crippen LogP contribution is -2.27. The van der Waals surface area contributed by atoms with Gasteiger partial charge >= 0.3 is 0 Å². The highest BCUT2D eigenvalue weighted by atomic mass is 35.5. The fourth-order valence-corrected chi connectivity index (χ4v) is 3.64. The van der Waals surface area contributed by atoms with Crippen molar-refractivity contribution < 1.29 is 0 Å². The Labute approximate surface area is 97.1 Å². The van der Waals surface area contributed by atoms with E-state index in [2.05, 4.69) is 21.3 Å². The van der Waals surface area contributed by atoms with E-state index in [4.69, 9.17) is 11.6 Å². The fourth-order valence-electron chi connectivity index (χ4n) is 2.35. The zero-order chi connectivity index (χ0) is 10.4. The second kappa shape index (κ2) is 3.49. The third-order valence-corrected chi connectivity index (χ3v) is 4.49. The van der Waals surface area contributed by atoms with Crippen LogP contribution in [0.5, 0.6) is 0 Å². The van der Waals surface area contributed by atoms with Gasteiger partial charge in [0.15, 0.2) is 0 Å². The van der Waals surface area contributed by atoms with Crippen molar-refractivity contribution in [2.45, 2.75) is 23.6 Å². The van der Waals surface area contributed by atoms with E-state index in [0.717, 1.165) is 18.6 Å². The molecule has 15 heavy (non-hydrogen) atoms. The van der Waals surface area contributed by atoms with Gasteiger partial charge < -0.3 is 0 Å². The quantitative estimate of drug-likeness (QED) is 0.710. The van der Waals surface area contributed by atoms with E-state index in [0.29, 0.717) is 17.2 Å². The van der Waals surface area contributed by atoms with E-state index in [1.165, 1.54) is 0 Å². The van der Waals surface area contributed by atoms with E-state index in [1.807, 2.05) is 4.68 Å². The first-order valence-electron chi connectivity index (χ1n) is 4.96. The maximum Gasteiger partial charge on any atom is 0.248 e. The molecule has 3 rings (SSSR count). The largest absolute Gasteiger partial charge is 0.248 e. The molecule has 4 nitrogen and oxygen atoms in total. The highest BCUT2D eigenvalue weighted by Gasteiger charge is 2.41. The van der Waals surface area contributed by atoms with Gasteiger partial charge in [-0.05, 0) is 19.1 Å². The molecule has 1 aromatic heterocycles. The van der Waals surface area contributed by atoms with Crippen LogP contribution in [0.25, 0.3) is 0 Å². The third-order valence-electron chi connectivity index (χ3n) is 3.04. The molecule has 80 valence electrons. The van der Waals surface area contributed by atoms with Gasteiger partial charge in [-0.25, -0.2) is 9.67 Å². The first kappa shape index (κ1) is 9.66. The van der Waals surface area contributed by atoms with E-state index < -0.39 is 0 Å². The van der Waals surface area contributed by atoms with Crippen LogP contribution in [-0.2, 0) is 0 Å². The number of halogens is 1. The molecule has 1 aliphatic carbocycles. The van der Waals surface area contributed by atoms with Gasteiger partial charge in [0.05, 0.1) is 5.38 Å². The van der Waals surface area contributed by atoms with Crippen LogP contribution in [0.15, 0.2) is 11.3 Å². The number of thioether (sulfide) groups is 1. The van der Waals surface area contributed by atoms with Crippen LogP contribution in [0, 0.1) is 5.92 Å². The Kier molecular flexibility index (Phi) is 2.25. The molecule has 0 aromatic carbocycles. The summed E-state index contributed by atoms with van der Waals surface area (Å²) in [5, 5.41) is 4.64. The zero-order valence-electron chi connectivity index (χ0n) is 8.30. The van der Waals surface area contributed by atoms with E-state index in [1.54, 1.807) is 18.1 Å². The molecule has 1 fully saturated rings. The smallest absolute Gasteiger partial charge is 0.219 e. The predicted octanol–water partition coefficient (Wildman–Crippen LogP) is 2.24. The molecule has 0 saturated heterocycles. The number of rotatable bonds is 1. The number of aromatic nitrogens is 3. The average Bonchev–Trinajstić information content (AvgIpc) is 2.83. The lowest BCUT2D eigenvalue weighted by Gasteiger charge is -2.26. The molecule has 1 aromatic rings. The monoisotopic (exact) mass is 242 g/mol. The molecule has 0 bridgehead atoms. The van der Waals surface area contributed by atoms with Crippen LogP contribution in [0.4, 0.5) is 5.95 Å². The summed E-state index contributed by atoms with van der Waals surface area (Å²) in [4.78, 5) is 8.65. The van der Waals surface area contributed by atoms with Crippen molar-refractivity contribution in [2.75, 3.05) is 6.26 Å². The molecule has 1 aliphatic heterocycles. The maximum absolute atomic E-state index is 6.24. The molecule has 6 heteroatoms. The highest BCUT2D eigenvalue weighted by molar-refractivity contribution is 7.98. The standard InChI is InChI=1S/C9H11ClN4S/c1-15-8-5-2-3-6(10)7(5)13-9-11-4-12-14(8)9/h4-6,8H,2-3H2,1H3. The number of nitrogens with zero attached hydrogens (tertiary/aromatic N) is 4. The van der Waals surface area contributed by atoms with Crippen LogP contribution in [0.2, 0.25) is 0 Å². The van der Waals surface area contributed by atoms with Crippen LogP contribution in [0.3, 0.4) is 0 Å². The highest BCUT2D eigenvalue weighted by Crippen LogP contribution is 2.44. The Morgan fingerprint density at radius 2 is 2.40 bits per heavy atom. The Bertz CT molecular complexity index is 416. The minimum atomic E-state index is 0.0927. The summed E-state index contributed by atoms with van der Waals surface area (Å²) in [7, 11) is 0.